The molecule has 392 valence electrons. The lowest BCUT2D eigenvalue weighted by molar-refractivity contribution is 0.225. The van der Waals surface area contributed by atoms with E-state index in [1.54, 1.807) is 36.7 Å². The largest absolute Gasteiger partial charge is 0.491 e. The number of rotatable bonds is 24. The standard InChI is InChI=1S/C25H31ClN8O2S.C25H31FN8O2S/c2*1-15(2)36-18-7-8-27-21(14-18)37-33-20-6-5-17(13-19(20)26)23-29-24(28-9-10-34(4)11-12-35)22-16(3)31-32-25(22)30-23/h2*5-8,13-15,33,35H,9-12H2,1-4H3,(H2,28,29,30,31,32). The first-order valence-corrected chi connectivity index (χ1v) is 25.9. The molecule has 2 aromatic carbocycles. The van der Waals surface area contributed by atoms with Crippen molar-refractivity contribution in [3.8, 4) is 34.3 Å². The van der Waals surface area contributed by atoms with Gasteiger partial charge in [-0.25, -0.2) is 34.3 Å². The molecule has 0 saturated heterocycles. The summed E-state index contributed by atoms with van der Waals surface area (Å²) < 4.78 is 32.7. The van der Waals surface area contributed by atoms with Gasteiger partial charge in [0.05, 0.1) is 52.6 Å². The monoisotopic (exact) mass is 1070 g/mol. The van der Waals surface area contributed by atoms with Crippen LogP contribution in [0.25, 0.3) is 44.8 Å². The van der Waals surface area contributed by atoms with Gasteiger partial charge in [0.1, 0.15) is 39.0 Å². The number of nitrogens with zero attached hydrogens (tertiary/aromatic N) is 10. The van der Waals surface area contributed by atoms with E-state index < -0.39 is 5.82 Å². The van der Waals surface area contributed by atoms with Crippen LogP contribution in [-0.2, 0) is 0 Å². The van der Waals surface area contributed by atoms with E-state index in [-0.39, 0.29) is 25.4 Å². The number of hydrogen-bond donors (Lipinski definition) is 8. The van der Waals surface area contributed by atoms with Crippen molar-refractivity contribution in [1.82, 2.24) is 60.1 Å². The van der Waals surface area contributed by atoms with Crippen LogP contribution in [0.1, 0.15) is 39.1 Å². The van der Waals surface area contributed by atoms with Crippen LogP contribution in [0.5, 0.6) is 11.5 Å². The molecule has 0 radical (unpaired) electrons. The van der Waals surface area contributed by atoms with Crippen LogP contribution in [-0.4, -0.2) is 149 Å². The van der Waals surface area contributed by atoms with Crippen LogP contribution >= 0.6 is 35.5 Å². The lowest BCUT2D eigenvalue weighted by Crippen LogP contribution is -2.28. The third kappa shape index (κ3) is 15.2. The molecule has 6 aromatic heterocycles. The first kappa shape index (κ1) is 55.2. The normalized spacial score (nSPS) is 11.5. The number of aromatic nitrogens is 10. The number of fused-ring (bicyclic) bond motifs is 2. The number of hydrogen-bond acceptors (Lipinski definition) is 20. The summed E-state index contributed by atoms with van der Waals surface area (Å²) in [6.07, 6.45) is 3.51. The number of ether oxygens (including phenoxy) is 2. The SMILES string of the molecule is Cc1[nH]nc2nc(-c3ccc(NSc4cc(OC(C)C)ccn4)c(Cl)c3)nc(NCCN(C)CCO)c12.Cc1[nH]nc2nc(-c3ccc(NSc4cc(OC(C)C)ccn4)c(F)c3)nc(NCCN(C)CCO)c12. The molecule has 0 aliphatic heterocycles. The Morgan fingerprint density at radius 3 is 1.54 bits per heavy atom. The maximum atomic E-state index is 15.0. The van der Waals surface area contributed by atoms with Crippen molar-refractivity contribution in [2.45, 2.75) is 63.8 Å². The van der Waals surface area contributed by atoms with Crippen molar-refractivity contribution in [3.63, 3.8) is 0 Å². The highest BCUT2D eigenvalue weighted by molar-refractivity contribution is 8.00. The Morgan fingerprint density at radius 2 is 1.09 bits per heavy atom. The molecule has 0 unspecified atom stereocenters. The van der Waals surface area contributed by atoms with Crippen molar-refractivity contribution in [3.05, 3.63) is 95.3 Å². The number of aliphatic hydroxyl groups is 2. The molecule has 8 N–H and O–H groups in total. The maximum Gasteiger partial charge on any atom is 0.186 e. The molecule has 6 heterocycles. The van der Waals surface area contributed by atoms with Gasteiger partial charge in [-0.05, 0) is 104 Å². The molecule has 0 amide bonds. The van der Waals surface area contributed by atoms with E-state index in [0.29, 0.717) is 94.4 Å². The smallest absolute Gasteiger partial charge is 0.186 e. The molecule has 0 atom stereocenters. The van der Waals surface area contributed by atoms with E-state index in [1.807, 2.05) is 95.8 Å². The van der Waals surface area contributed by atoms with Crippen LogP contribution < -0.4 is 29.6 Å². The number of pyridine rings is 2. The van der Waals surface area contributed by atoms with E-state index in [1.165, 1.54) is 30.0 Å². The molecular formula is C50H62ClFN16O4S2. The molecule has 0 aliphatic rings. The first-order valence-electron chi connectivity index (χ1n) is 23.9. The second-order valence-electron chi connectivity index (χ2n) is 17.6. The zero-order valence-corrected chi connectivity index (χ0v) is 44.9. The molecule has 0 aliphatic carbocycles. The molecule has 0 saturated carbocycles. The number of aryl methyl sites for hydroxylation is 2. The van der Waals surface area contributed by atoms with E-state index >= 15 is 4.39 Å². The number of benzene rings is 2. The van der Waals surface area contributed by atoms with E-state index in [4.69, 9.17) is 36.3 Å². The summed E-state index contributed by atoms with van der Waals surface area (Å²) in [6.45, 7) is 15.9. The Morgan fingerprint density at radius 1 is 0.635 bits per heavy atom. The van der Waals surface area contributed by atoms with Crippen LogP contribution in [0.15, 0.2) is 83.1 Å². The Kier molecular flexibility index (Phi) is 19.8. The summed E-state index contributed by atoms with van der Waals surface area (Å²) >= 11 is 9.16. The van der Waals surface area contributed by atoms with Gasteiger partial charge in [-0.3, -0.25) is 10.2 Å². The van der Waals surface area contributed by atoms with Crippen molar-refractivity contribution in [2.75, 3.05) is 86.7 Å². The molecule has 8 aromatic rings. The van der Waals surface area contributed by atoms with Gasteiger partial charge in [0.2, 0.25) is 0 Å². The number of likely N-dealkylation sites (N-methyl/N-ethyl adjacent to an activating group) is 2. The Balaban J connectivity index is 0.000000216. The lowest BCUT2D eigenvalue weighted by Gasteiger charge is -2.16. The minimum Gasteiger partial charge on any atom is -0.491 e. The Bertz CT molecular complexity index is 2910. The molecule has 24 heteroatoms. The summed E-state index contributed by atoms with van der Waals surface area (Å²) in [4.78, 5) is 31.4. The fourth-order valence-electron chi connectivity index (χ4n) is 7.22. The first-order chi connectivity index (χ1) is 35.7. The summed E-state index contributed by atoms with van der Waals surface area (Å²) in [6, 6.07) is 17.7. The van der Waals surface area contributed by atoms with Gasteiger partial charge in [0, 0.05) is 110 Å². The third-order valence-electron chi connectivity index (χ3n) is 10.9. The predicted octanol–water partition coefficient (Wildman–Crippen LogP) is 8.72. The van der Waals surface area contributed by atoms with Gasteiger partial charge in [0.15, 0.2) is 22.9 Å². The number of anilines is 4. The van der Waals surface area contributed by atoms with Crippen molar-refractivity contribution in [1.29, 1.82) is 0 Å². The molecule has 0 spiro atoms. The zero-order valence-electron chi connectivity index (χ0n) is 42.5. The average molecular weight is 1070 g/mol. The zero-order chi connectivity index (χ0) is 52.7. The van der Waals surface area contributed by atoms with Crippen molar-refractivity contribution < 1.29 is 24.1 Å². The summed E-state index contributed by atoms with van der Waals surface area (Å²) in [5.74, 6) is 3.23. The number of aromatic amines is 2. The second-order valence-corrected chi connectivity index (χ2v) is 19.6. The van der Waals surface area contributed by atoms with Gasteiger partial charge in [-0.2, -0.15) is 10.2 Å². The lowest BCUT2D eigenvalue weighted by atomic mass is 10.1. The highest BCUT2D eigenvalue weighted by Gasteiger charge is 2.18. The average Bonchev–Trinajstić information content (AvgIpc) is 3.94. The fraction of sp³-hybridized carbons (Fsp3) is 0.360. The molecule has 8 rings (SSSR count). The van der Waals surface area contributed by atoms with Crippen molar-refractivity contribution >= 4 is 80.6 Å². The third-order valence-corrected chi connectivity index (χ3v) is 12.7. The molecule has 20 nitrogen and oxygen atoms in total. The van der Waals surface area contributed by atoms with Crippen LogP contribution in [0.2, 0.25) is 5.02 Å². The van der Waals surface area contributed by atoms with Gasteiger partial charge >= 0.3 is 0 Å². The highest BCUT2D eigenvalue weighted by Crippen LogP contribution is 2.34. The van der Waals surface area contributed by atoms with Crippen LogP contribution in [0.4, 0.5) is 27.4 Å². The predicted molar refractivity (Wildman–Crippen MR) is 294 cm³/mol. The van der Waals surface area contributed by atoms with E-state index in [0.717, 1.165) is 50.7 Å². The van der Waals surface area contributed by atoms with E-state index in [2.05, 4.69) is 65.4 Å². The number of nitrogens with one attached hydrogen (secondary N) is 6. The van der Waals surface area contributed by atoms with Gasteiger partial charge in [0.25, 0.3) is 0 Å². The second kappa shape index (κ2) is 26.6. The van der Waals surface area contributed by atoms with Crippen LogP contribution in [0, 0.1) is 19.7 Å². The van der Waals surface area contributed by atoms with Crippen molar-refractivity contribution in [2.24, 2.45) is 0 Å². The molecular weight excluding hydrogens is 1010 g/mol. The Hall–Kier alpha value is -6.60. The maximum absolute atomic E-state index is 15.0. The summed E-state index contributed by atoms with van der Waals surface area (Å²) in [5.41, 5.74) is 5.17. The molecule has 0 fully saturated rings. The topological polar surface area (TPSA) is 248 Å². The van der Waals surface area contributed by atoms with E-state index in [9.17, 15) is 0 Å². The number of halogens is 2. The minimum absolute atomic E-state index is 0.0494. The number of aliphatic hydroxyl groups excluding tert-OH is 2. The van der Waals surface area contributed by atoms with Crippen LogP contribution in [0.3, 0.4) is 0 Å². The summed E-state index contributed by atoms with van der Waals surface area (Å²) in [5, 5.41) is 43.1. The van der Waals surface area contributed by atoms with Gasteiger partial charge < -0.3 is 49.6 Å². The molecule has 74 heavy (non-hydrogen) atoms. The minimum atomic E-state index is -0.443. The highest BCUT2D eigenvalue weighted by atomic mass is 35.5. The molecule has 0 bridgehead atoms. The number of H-pyrrole nitrogens is 2. The van der Waals surface area contributed by atoms with Gasteiger partial charge in [-0.15, -0.1) is 0 Å². The fourth-order valence-corrected chi connectivity index (χ4v) is 8.85. The quantitative estimate of drug-likeness (QED) is 0.0264. The summed E-state index contributed by atoms with van der Waals surface area (Å²) in [7, 11) is 3.90. The van der Waals surface area contributed by atoms with Gasteiger partial charge in [-0.1, -0.05) is 11.6 Å². The Labute approximate surface area is 442 Å².